The first-order valence-corrected chi connectivity index (χ1v) is 7.40. The predicted octanol–water partition coefficient (Wildman–Crippen LogP) is 1.41. The van der Waals surface area contributed by atoms with Crippen molar-refractivity contribution < 1.29 is 17.7 Å². The van der Waals surface area contributed by atoms with Gasteiger partial charge < -0.3 is 4.74 Å². The van der Waals surface area contributed by atoms with Crippen molar-refractivity contribution in [3.05, 3.63) is 0 Å². The van der Waals surface area contributed by atoms with E-state index in [1.807, 2.05) is 6.92 Å². The Balaban J connectivity index is 3.75. The van der Waals surface area contributed by atoms with Crippen LogP contribution in [-0.2, 0) is 14.9 Å². The quantitative estimate of drug-likeness (QED) is 0.350. The van der Waals surface area contributed by atoms with Crippen LogP contribution < -0.4 is 5.32 Å². The molecule has 0 rings (SSSR count). The van der Waals surface area contributed by atoms with Crippen molar-refractivity contribution in [3.63, 3.8) is 0 Å². The number of hydrogen-bond donors (Lipinski definition) is 2. The van der Waals surface area contributed by atoms with Gasteiger partial charge in [-0.25, -0.2) is 0 Å². The van der Waals surface area contributed by atoms with Gasteiger partial charge in [-0.1, -0.05) is 13.3 Å². The third-order valence-corrected chi connectivity index (χ3v) is 2.94. The van der Waals surface area contributed by atoms with Gasteiger partial charge in [0.2, 0.25) is 0 Å². The second-order valence-electron chi connectivity index (χ2n) is 3.68. The summed E-state index contributed by atoms with van der Waals surface area (Å²) in [7, 11) is -3.84. The Morgan fingerprint density at radius 1 is 1.31 bits per heavy atom. The lowest BCUT2D eigenvalue weighted by molar-refractivity contribution is 0.0319. The molecule has 0 saturated heterocycles. The van der Waals surface area contributed by atoms with E-state index in [1.165, 1.54) is 0 Å². The summed E-state index contributed by atoms with van der Waals surface area (Å²) in [5, 5.41) is 3.21. The van der Waals surface area contributed by atoms with Gasteiger partial charge in [0.1, 0.15) is 6.23 Å². The zero-order valence-electron chi connectivity index (χ0n) is 10.1. The van der Waals surface area contributed by atoms with E-state index >= 15 is 0 Å². The molecule has 6 heteroatoms. The van der Waals surface area contributed by atoms with Crippen molar-refractivity contribution in [2.75, 3.05) is 18.9 Å². The highest BCUT2D eigenvalue weighted by atomic mass is 32.2. The van der Waals surface area contributed by atoms with Crippen LogP contribution in [0.3, 0.4) is 0 Å². The number of unbranched alkanes of at least 4 members (excludes halogenated alkanes) is 1. The SMILES string of the molecule is CCCCNC(CCCS(=O)(=O)O)OCC. The molecule has 0 bridgehead atoms. The number of nitrogens with one attached hydrogen (secondary N) is 1. The average molecular weight is 253 g/mol. The van der Waals surface area contributed by atoms with Crippen LogP contribution in [0, 0.1) is 0 Å². The molecule has 0 fully saturated rings. The highest BCUT2D eigenvalue weighted by Crippen LogP contribution is 2.02. The highest BCUT2D eigenvalue weighted by Gasteiger charge is 2.10. The fourth-order valence-corrected chi connectivity index (χ4v) is 1.87. The van der Waals surface area contributed by atoms with E-state index in [1.54, 1.807) is 0 Å². The van der Waals surface area contributed by atoms with Gasteiger partial charge in [0.25, 0.3) is 10.1 Å². The summed E-state index contributed by atoms with van der Waals surface area (Å²) in [6.45, 7) is 5.47. The van der Waals surface area contributed by atoms with Gasteiger partial charge in [0.15, 0.2) is 0 Å². The topological polar surface area (TPSA) is 75.6 Å². The van der Waals surface area contributed by atoms with E-state index in [-0.39, 0.29) is 12.0 Å². The van der Waals surface area contributed by atoms with Crippen LogP contribution >= 0.6 is 0 Å². The molecule has 0 amide bonds. The van der Waals surface area contributed by atoms with Crippen molar-refractivity contribution in [1.29, 1.82) is 0 Å². The summed E-state index contributed by atoms with van der Waals surface area (Å²) >= 11 is 0. The Morgan fingerprint density at radius 2 is 2.00 bits per heavy atom. The molecule has 1 unspecified atom stereocenters. The molecular formula is C10H23NO4S. The Morgan fingerprint density at radius 3 is 2.50 bits per heavy atom. The monoisotopic (exact) mass is 253 g/mol. The van der Waals surface area contributed by atoms with E-state index in [2.05, 4.69) is 12.2 Å². The molecule has 0 aromatic carbocycles. The minimum Gasteiger partial charge on any atom is -0.364 e. The van der Waals surface area contributed by atoms with Crippen LogP contribution in [0.1, 0.15) is 39.5 Å². The summed E-state index contributed by atoms with van der Waals surface area (Å²) in [4.78, 5) is 0. The second-order valence-corrected chi connectivity index (χ2v) is 5.25. The minimum atomic E-state index is -3.84. The van der Waals surface area contributed by atoms with Gasteiger partial charge in [-0.05, 0) is 32.7 Å². The zero-order chi connectivity index (χ0) is 12.4. The third-order valence-electron chi connectivity index (χ3n) is 2.14. The van der Waals surface area contributed by atoms with Crippen molar-refractivity contribution in [3.8, 4) is 0 Å². The third kappa shape index (κ3) is 10.4. The minimum absolute atomic E-state index is 0.113. The molecular weight excluding hydrogens is 230 g/mol. The molecule has 0 aromatic heterocycles. The van der Waals surface area contributed by atoms with E-state index < -0.39 is 10.1 Å². The van der Waals surface area contributed by atoms with Crippen molar-refractivity contribution in [1.82, 2.24) is 5.32 Å². The molecule has 0 aliphatic rings. The summed E-state index contributed by atoms with van der Waals surface area (Å²) in [5.74, 6) is -0.202. The lowest BCUT2D eigenvalue weighted by Gasteiger charge is -2.18. The van der Waals surface area contributed by atoms with Gasteiger partial charge >= 0.3 is 0 Å². The molecule has 98 valence electrons. The van der Waals surface area contributed by atoms with E-state index in [4.69, 9.17) is 9.29 Å². The average Bonchev–Trinajstić information content (AvgIpc) is 2.16. The smallest absolute Gasteiger partial charge is 0.264 e. The Hall–Kier alpha value is -0.170. The first kappa shape index (κ1) is 15.8. The number of ether oxygens (including phenoxy) is 1. The summed E-state index contributed by atoms with van der Waals surface area (Å²) in [5.41, 5.74) is 0. The van der Waals surface area contributed by atoms with Crippen LogP contribution in [0.15, 0.2) is 0 Å². The molecule has 2 N–H and O–H groups in total. The van der Waals surface area contributed by atoms with E-state index in [0.29, 0.717) is 19.4 Å². The molecule has 0 spiro atoms. The van der Waals surface area contributed by atoms with Crippen molar-refractivity contribution >= 4 is 10.1 Å². The summed E-state index contributed by atoms with van der Waals surface area (Å²) in [6, 6.07) is 0. The molecule has 5 nitrogen and oxygen atoms in total. The van der Waals surface area contributed by atoms with E-state index in [0.717, 1.165) is 19.4 Å². The Labute approximate surface area is 98.3 Å². The van der Waals surface area contributed by atoms with Crippen LogP contribution in [0.25, 0.3) is 0 Å². The molecule has 0 saturated carbocycles. The second kappa shape index (κ2) is 8.92. The fourth-order valence-electron chi connectivity index (χ4n) is 1.34. The van der Waals surface area contributed by atoms with Gasteiger partial charge in [-0.2, -0.15) is 8.42 Å². The Bertz CT molecular complexity index is 254. The maximum Gasteiger partial charge on any atom is 0.264 e. The standard InChI is InChI=1S/C10H23NO4S/c1-3-5-8-11-10(15-4-2)7-6-9-16(12,13)14/h10-11H,3-9H2,1-2H3,(H,12,13,14). The predicted molar refractivity (Wildman–Crippen MR) is 64.0 cm³/mol. The first-order chi connectivity index (χ1) is 7.49. The summed E-state index contributed by atoms with van der Waals surface area (Å²) < 4.78 is 35.1. The maximum atomic E-state index is 10.5. The number of rotatable bonds is 10. The molecule has 0 radical (unpaired) electrons. The Kier molecular flexibility index (Phi) is 8.83. The number of hydrogen-bond acceptors (Lipinski definition) is 4. The zero-order valence-corrected chi connectivity index (χ0v) is 10.9. The first-order valence-electron chi connectivity index (χ1n) is 5.79. The van der Waals surface area contributed by atoms with Gasteiger partial charge in [0, 0.05) is 6.61 Å². The molecule has 16 heavy (non-hydrogen) atoms. The molecule has 0 aliphatic heterocycles. The highest BCUT2D eigenvalue weighted by molar-refractivity contribution is 7.85. The van der Waals surface area contributed by atoms with Crippen LogP contribution in [-0.4, -0.2) is 38.1 Å². The van der Waals surface area contributed by atoms with Gasteiger partial charge in [-0.15, -0.1) is 0 Å². The maximum absolute atomic E-state index is 10.5. The molecule has 0 aliphatic carbocycles. The fraction of sp³-hybridized carbons (Fsp3) is 1.00. The van der Waals surface area contributed by atoms with Crippen molar-refractivity contribution in [2.24, 2.45) is 0 Å². The van der Waals surface area contributed by atoms with Crippen LogP contribution in [0.4, 0.5) is 0 Å². The van der Waals surface area contributed by atoms with Crippen LogP contribution in [0.2, 0.25) is 0 Å². The van der Waals surface area contributed by atoms with Crippen LogP contribution in [0.5, 0.6) is 0 Å². The lowest BCUT2D eigenvalue weighted by atomic mass is 10.3. The van der Waals surface area contributed by atoms with E-state index in [9.17, 15) is 8.42 Å². The molecule has 0 aromatic rings. The van der Waals surface area contributed by atoms with Gasteiger partial charge in [0.05, 0.1) is 5.75 Å². The largest absolute Gasteiger partial charge is 0.364 e. The normalized spacial score (nSPS) is 13.9. The lowest BCUT2D eigenvalue weighted by Crippen LogP contribution is -2.33. The van der Waals surface area contributed by atoms with Crippen molar-refractivity contribution in [2.45, 2.75) is 45.8 Å². The molecule has 1 atom stereocenters. The summed E-state index contributed by atoms with van der Waals surface area (Å²) in [6.07, 6.45) is 3.07. The molecule has 0 heterocycles. The van der Waals surface area contributed by atoms with Gasteiger partial charge in [-0.3, -0.25) is 9.87 Å².